The minimum Gasteiger partial charge on any atom is -0.473 e. The van der Waals surface area contributed by atoms with Gasteiger partial charge in [0.2, 0.25) is 5.88 Å². The Balaban J connectivity index is 1.46. The minimum absolute atomic E-state index is 0.183. The van der Waals surface area contributed by atoms with E-state index in [0.717, 1.165) is 11.1 Å². The largest absolute Gasteiger partial charge is 0.473 e. The standard InChI is InChI=1S/C23H25FN4O/c1-25-23(27-14-12-20-9-5-6-10-21(20)24)28-16-19-11-13-26-22(15-19)29-17-18-7-3-2-4-8-18/h2-11,13,15H,12,14,16-17H2,1H3,(H2,25,27,28). The van der Waals surface area contributed by atoms with Crippen LogP contribution in [0.3, 0.4) is 0 Å². The number of aliphatic imine (C=N–C) groups is 1. The lowest BCUT2D eigenvalue weighted by Gasteiger charge is -2.13. The van der Waals surface area contributed by atoms with E-state index in [-0.39, 0.29) is 5.82 Å². The van der Waals surface area contributed by atoms with Gasteiger partial charge in [0, 0.05) is 32.4 Å². The molecule has 0 radical (unpaired) electrons. The molecule has 0 bridgehead atoms. The molecule has 0 spiro atoms. The maximum Gasteiger partial charge on any atom is 0.213 e. The normalized spacial score (nSPS) is 11.2. The molecule has 0 saturated heterocycles. The zero-order valence-corrected chi connectivity index (χ0v) is 16.4. The first-order chi connectivity index (χ1) is 14.2. The molecule has 0 aliphatic heterocycles. The molecular weight excluding hydrogens is 367 g/mol. The van der Waals surface area contributed by atoms with Crippen molar-refractivity contribution in [2.24, 2.45) is 4.99 Å². The number of nitrogens with one attached hydrogen (secondary N) is 2. The molecule has 0 aliphatic carbocycles. The first kappa shape index (κ1) is 20.3. The van der Waals surface area contributed by atoms with E-state index in [9.17, 15) is 4.39 Å². The number of rotatable bonds is 8. The van der Waals surface area contributed by atoms with E-state index in [1.165, 1.54) is 6.07 Å². The molecule has 0 saturated carbocycles. The number of guanidine groups is 1. The van der Waals surface area contributed by atoms with Crippen LogP contribution in [0.5, 0.6) is 5.88 Å². The number of hydrogen-bond donors (Lipinski definition) is 2. The van der Waals surface area contributed by atoms with Gasteiger partial charge in [0.25, 0.3) is 0 Å². The fourth-order valence-corrected chi connectivity index (χ4v) is 2.79. The number of benzene rings is 2. The maximum absolute atomic E-state index is 13.7. The molecule has 2 N–H and O–H groups in total. The van der Waals surface area contributed by atoms with Gasteiger partial charge in [-0.25, -0.2) is 9.37 Å². The molecule has 0 amide bonds. The van der Waals surface area contributed by atoms with E-state index >= 15 is 0 Å². The Hall–Kier alpha value is -3.41. The highest BCUT2D eigenvalue weighted by Gasteiger charge is 2.04. The zero-order chi connectivity index (χ0) is 20.3. The van der Waals surface area contributed by atoms with Crippen LogP contribution in [0.2, 0.25) is 0 Å². The van der Waals surface area contributed by atoms with Gasteiger partial charge in [-0.05, 0) is 35.2 Å². The average Bonchev–Trinajstić information content (AvgIpc) is 2.77. The number of nitrogens with zero attached hydrogens (tertiary/aromatic N) is 2. The first-order valence-electron chi connectivity index (χ1n) is 9.54. The summed E-state index contributed by atoms with van der Waals surface area (Å²) >= 11 is 0. The van der Waals surface area contributed by atoms with E-state index < -0.39 is 0 Å². The summed E-state index contributed by atoms with van der Waals surface area (Å²) in [5, 5.41) is 6.45. The molecule has 0 fully saturated rings. The predicted octanol–water partition coefficient (Wildman–Crippen LogP) is 3.71. The summed E-state index contributed by atoms with van der Waals surface area (Å²) in [6.07, 6.45) is 2.31. The molecule has 0 aliphatic rings. The van der Waals surface area contributed by atoms with Gasteiger partial charge in [-0.15, -0.1) is 0 Å². The van der Waals surface area contributed by atoms with Crippen LogP contribution >= 0.6 is 0 Å². The van der Waals surface area contributed by atoms with Crippen LogP contribution in [0, 0.1) is 5.82 Å². The Labute approximate surface area is 170 Å². The zero-order valence-electron chi connectivity index (χ0n) is 16.4. The van der Waals surface area contributed by atoms with Crippen LogP contribution in [-0.4, -0.2) is 24.5 Å². The van der Waals surface area contributed by atoms with Crippen LogP contribution in [-0.2, 0) is 19.6 Å². The fraction of sp³-hybridized carbons (Fsp3) is 0.217. The fourth-order valence-electron chi connectivity index (χ4n) is 2.79. The van der Waals surface area contributed by atoms with E-state index in [1.807, 2.05) is 48.5 Å². The van der Waals surface area contributed by atoms with Gasteiger partial charge in [-0.1, -0.05) is 48.5 Å². The lowest BCUT2D eigenvalue weighted by molar-refractivity contribution is 0.293. The van der Waals surface area contributed by atoms with Gasteiger partial charge in [-0.2, -0.15) is 0 Å². The van der Waals surface area contributed by atoms with Crippen molar-refractivity contribution >= 4 is 5.96 Å². The van der Waals surface area contributed by atoms with Crippen molar-refractivity contribution in [2.45, 2.75) is 19.6 Å². The van der Waals surface area contributed by atoms with Crippen molar-refractivity contribution in [1.29, 1.82) is 0 Å². The van der Waals surface area contributed by atoms with E-state index in [1.54, 1.807) is 25.4 Å². The van der Waals surface area contributed by atoms with Crippen molar-refractivity contribution in [3.8, 4) is 5.88 Å². The predicted molar refractivity (Wildman–Crippen MR) is 113 cm³/mol. The summed E-state index contributed by atoms with van der Waals surface area (Å²) in [5.74, 6) is 1.05. The summed E-state index contributed by atoms with van der Waals surface area (Å²) in [4.78, 5) is 8.47. The summed E-state index contributed by atoms with van der Waals surface area (Å²) in [6, 6.07) is 20.6. The average molecular weight is 392 g/mol. The molecule has 29 heavy (non-hydrogen) atoms. The summed E-state index contributed by atoms with van der Waals surface area (Å²) in [5.41, 5.74) is 2.81. The molecule has 6 heteroatoms. The summed E-state index contributed by atoms with van der Waals surface area (Å²) < 4.78 is 19.5. The molecule has 2 aromatic carbocycles. The Morgan fingerprint density at radius 3 is 2.59 bits per heavy atom. The van der Waals surface area contributed by atoms with E-state index in [2.05, 4.69) is 20.6 Å². The molecule has 0 unspecified atom stereocenters. The van der Waals surface area contributed by atoms with Crippen molar-refractivity contribution in [1.82, 2.24) is 15.6 Å². The van der Waals surface area contributed by atoms with Crippen molar-refractivity contribution in [3.63, 3.8) is 0 Å². The van der Waals surface area contributed by atoms with Crippen molar-refractivity contribution in [3.05, 3.63) is 95.4 Å². The lowest BCUT2D eigenvalue weighted by atomic mass is 10.1. The van der Waals surface area contributed by atoms with Crippen LogP contribution in [0.25, 0.3) is 0 Å². The third-order valence-corrected chi connectivity index (χ3v) is 4.36. The molecular formula is C23H25FN4O. The third-order valence-electron chi connectivity index (χ3n) is 4.36. The molecule has 1 heterocycles. The Morgan fingerprint density at radius 1 is 1.00 bits per heavy atom. The first-order valence-corrected chi connectivity index (χ1v) is 9.54. The maximum atomic E-state index is 13.7. The third kappa shape index (κ3) is 6.60. The molecule has 3 aromatic rings. The number of aromatic nitrogens is 1. The van der Waals surface area contributed by atoms with Gasteiger partial charge in [0.15, 0.2) is 5.96 Å². The SMILES string of the molecule is CN=C(NCCc1ccccc1F)NCc1ccnc(OCc2ccccc2)c1. The van der Waals surface area contributed by atoms with E-state index in [4.69, 9.17) is 4.74 Å². The molecule has 3 rings (SSSR count). The summed E-state index contributed by atoms with van der Waals surface area (Å²) in [6.45, 7) is 1.63. The quantitative estimate of drug-likeness (QED) is 0.453. The van der Waals surface area contributed by atoms with Crippen LogP contribution < -0.4 is 15.4 Å². The Morgan fingerprint density at radius 2 is 1.79 bits per heavy atom. The van der Waals surface area contributed by atoms with Crippen LogP contribution in [0.1, 0.15) is 16.7 Å². The van der Waals surface area contributed by atoms with Gasteiger partial charge >= 0.3 is 0 Å². The second-order valence-corrected chi connectivity index (χ2v) is 6.47. The van der Waals surface area contributed by atoms with Crippen LogP contribution in [0.4, 0.5) is 4.39 Å². The van der Waals surface area contributed by atoms with Gasteiger partial charge in [0.05, 0.1) is 0 Å². The number of pyridine rings is 1. The lowest BCUT2D eigenvalue weighted by Crippen LogP contribution is -2.37. The minimum atomic E-state index is -0.183. The van der Waals surface area contributed by atoms with Crippen molar-refractivity contribution in [2.75, 3.05) is 13.6 Å². The molecule has 0 atom stereocenters. The number of halogens is 1. The highest BCUT2D eigenvalue weighted by atomic mass is 19.1. The van der Waals surface area contributed by atoms with Gasteiger partial charge in [-0.3, -0.25) is 4.99 Å². The second kappa shape index (κ2) is 10.8. The van der Waals surface area contributed by atoms with Crippen molar-refractivity contribution < 1.29 is 9.13 Å². The van der Waals surface area contributed by atoms with Gasteiger partial charge < -0.3 is 15.4 Å². The highest BCUT2D eigenvalue weighted by molar-refractivity contribution is 5.79. The molecule has 1 aromatic heterocycles. The number of ether oxygens (including phenoxy) is 1. The van der Waals surface area contributed by atoms with Gasteiger partial charge in [0.1, 0.15) is 12.4 Å². The topological polar surface area (TPSA) is 58.5 Å². The Kier molecular flexibility index (Phi) is 7.57. The van der Waals surface area contributed by atoms with E-state index in [0.29, 0.717) is 43.5 Å². The molecule has 5 nitrogen and oxygen atoms in total. The Bertz CT molecular complexity index is 931. The smallest absolute Gasteiger partial charge is 0.213 e. The second-order valence-electron chi connectivity index (χ2n) is 6.47. The monoisotopic (exact) mass is 392 g/mol. The molecule has 150 valence electrons. The number of hydrogen-bond acceptors (Lipinski definition) is 3. The highest BCUT2D eigenvalue weighted by Crippen LogP contribution is 2.12. The summed E-state index contributed by atoms with van der Waals surface area (Å²) in [7, 11) is 1.71. The van der Waals surface area contributed by atoms with Crippen LogP contribution in [0.15, 0.2) is 77.9 Å².